The van der Waals surface area contributed by atoms with Gasteiger partial charge in [0.05, 0.1) is 0 Å². The molecule has 10 heavy (non-hydrogen) atoms. The number of ketones is 1. The SMILES string of the molecule is C[11C](=O)c1ccc(Cl)cc1. The van der Waals surface area contributed by atoms with Crippen LogP contribution < -0.4 is 0 Å². The molecular weight excluding hydrogens is 147 g/mol. The molecule has 0 fully saturated rings. The predicted octanol–water partition coefficient (Wildman–Crippen LogP) is 2.54. The number of hydrogen-bond donors (Lipinski definition) is 0. The van der Waals surface area contributed by atoms with Crippen molar-refractivity contribution in [1.82, 2.24) is 0 Å². The van der Waals surface area contributed by atoms with E-state index in [1.807, 2.05) is 0 Å². The molecule has 0 amide bonds. The Labute approximate surface area is 64.6 Å². The highest BCUT2D eigenvalue weighted by Gasteiger charge is 1.95. The summed E-state index contributed by atoms with van der Waals surface area (Å²) in [5.41, 5.74) is 0.699. The molecule has 0 saturated heterocycles. The zero-order valence-corrected chi connectivity index (χ0v) is 6.35. The van der Waals surface area contributed by atoms with Gasteiger partial charge in [-0.05, 0) is 31.2 Å². The number of Topliss-reactive ketones (excluding diaryl/α,β-unsaturated/α-hetero) is 1. The fourth-order valence-electron chi connectivity index (χ4n) is 0.685. The minimum Gasteiger partial charge on any atom is -0.295 e. The summed E-state index contributed by atoms with van der Waals surface area (Å²) in [4.78, 5) is 10.7. The Morgan fingerprint density at radius 1 is 1.30 bits per heavy atom. The van der Waals surface area contributed by atoms with Crippen LogP contribution in [0.15, 0.2) is 24.3 Å². The van der Waals surface area contributed by atoms with Gasteiger partial charge in [0.25, 0.3) is 0 Å². The Morgan fingerprint density at radius 2 is 1.80 bits per heavy atom. The van der Waals surface area contributed by atoms with Crippen LogP contribution in [0.1, 0.15) is 17.3 Å². The molecule has 0 atom stereocenters. The van der Waals surface area contributed by atoms with E-state index < -0.39 is 0 Å². The maximum Gasteiger partial charge on any atom is 0.159 e. The second kappa shape index (κ2) is 2.84. The summed E-state index contributed by atoms with van der Waals surface area (Å²) in [6.45, 7) is 1.53. The van der Waals surface area contributed by atoms with Crippen LogP contribution in [-0.4, -0.2) is 5.78 Å². The molecule has 0 bridgehead atoms. The van der Waals surface area contributed by atoms with Crippen molar-refractivity contribution in [2.45, 2.75) is 6.92 Å². The summed E-state index contributed by atoms with van der Waals surface area (Å²) in [6.07, 6.45) is 0. The van der Waals surface area contributed by atoms with E-state index in [1.54, 1.807) is 24.3 Å². The molecule has 0 radical (unpaired) electrons. The summed E-state index contributed by atoms with van der Waals surface area (Å²) in [5.74, 6) is 0.0664. The largest absolute Gasteiger partial charge is 0.295 e. The zero-order chi connectivity index (χ0) is 7.56. The van der Waals surface area contributed by atoms with E-state index in [2.05, 4.69) is 0 Å². The number of benzene rings is 1. The third-order valence-electron chi connectivity index (χ3n) is 1.25. The maximum absolute atomic E-state index is 10.7. The molecule has 0 aromatic heterocycles. The number of rotatable bonds is 1. The van der Waals surface area contributed by atoms with E-state index in [0.29, 0.717) is 10.6 Å². The van der Waals surface area contributed by atoms with Crippen molar-refractivity contribution in [3.8, 4) is 0 Å². The van der Waals surface area contributed by atoms with Crippen molar-refractivity contribution in [2.75, 3.05) is 0 Å². The number of hydrogen-bond acceptors (Lipinski definition) is 1. The monoisotopic (exact) mass is 153 g/mol. The highest BCUT2D eigenvalue weighted by Crippen LogP contribution is 2.09. The van der Waals surface area contributed by atoms with Crippen molar-refractivity contribution in [2.24, 2.45) is 0 Å². The minimum atomic E-state index is 0.0664. The molecule has 0 N–H and O–H groups in total. The number of carbonyl (C=O) groups excluding carboxylic acids is 1. The molecule has 0 heterocycles. The topological polar surface area (TPSA) is 17.1 Å². The van der Waals surface area contributed by atoms with E-state index in [9.17, 15) is 4.79 Å². The van der Waals surface area contributed by atoms with Crippen molar-refractivity contribution in [3.63, 3.8) is 0 Å². The van der Waals surface area contributed by atoms with Gasteiger partial charge >= 0.3 is 0 Å². The van der Waals surface area contributed by atoms with Gasteiger partial charge in [0.1, 0.15) is 0 Å². The highest BCUT2D eigenvalue weighted by atomic mass is 35.5. The first-order valence-corrected chi connectivity index (χ1v) is 3.34. The first-order valence-electron chi connectivity index (χ1n) is 2.96. The average molecular weight is 154 g/mol. The molecule has 1 aromatic rings. The van der Waals surface area contributed by atoms with Crippen LogP contribution in [0, 0.1) is 0 Å². The van der Waals surface area contributed by atoms with E-state index in [4.69, 9.17) is 11.6 Å². The second-order valence-corrected chi connectivity index (χ2v) is 2.50. The molecular formula is C8H7ClO. The van der Waals surface area contributed by atoms with Crippen LogP contribution in [-0.2, 0) is 0 Å². The summed E-state index contributed by atoms with van der Waals surface area (Å²) in [6, 6.07) is 6.84. The molecule has 0 aliphatic heterocycles. The zero-order valence-electron chi connectivity index (χ0n) is 5.60. The van der Waals surface area contributed by atoms with E-state index >= 15 is 0 Å². The Morgan fingerprint density at radius 3 is 2.20 bits per heavy atom. The van der Waals surface area contributed by atoms with E-state index in [-0.39, 0.29) is 5.78 Å². The van der Waals surface area contributed by atoms with Crippen LogP contribution in [0.2, 0.25) is 5.02 Å². The summed E-state index contributed by atoms with van der Waals surface area (Å²) in [5, 5.41) is 0.657. The van der Waals surface area contributed by atoms with Crippen LogP contribution in [0.4, 0.5) is 0 Å². The lowest BCUT2D eigenvalue weighted by atomic mass is 9.80. The first kappa shape index (κ1) is 7.29. The number of carbonyl (C=O) groups is 1. The van der Waals surface area contributed by atoms with Crippen molar-refractivity contribution >= 4 is 17.4 Å². The third kappa shape index (κ3) is 1.58. The molecule has 1 aromatic carbocycles. The molecule has 0 aliphatic rings. The second-order valence-electron chi connectivity index (χ2n) is 2.06. The van der Waals surface area contributed by atoms with Gasteiger partial charge in [0.2, 0.25) is 0 Å². The van der Waals surface area contributed by atoms with Gasteiger partial charge in [-0.3, -0.25) is 4.79 Å². The Hall–Kier alpha value is -0.820. The van der Waals surface area contributed by atoms with Crippen molar-refractivity contribution in [3.05, 3.63) is 34.9 Å². The lowest BCUT2D eigenvalue weighted by Crippen LogP contribution is -1.89. The first-order chi connectivity index (χ1) is 4.70. The van der Waals surface area contributed by atoms with Crippen LogP contribution in [0.25, 0.3) is 0 Å². The summed E-state index contributed by atoms with van der Waals surface area (Å²) < 4.78 is 0. The maximum atomic E-state index is 10.7. The predicted molar refractivity (Wildman–Crippen MR) is 41.5 cm³/mol. The highest BCUT2D eigenvalue weighted by molar-refractivity contribution is 6.30. The Bertz CT molecular complexity index is 238. The molecule has 0 saturated carbocycles. The standard InChI is InChI=1S/C8H7ClO/c1-6(10)7-2-4-8(9)5-3-7/h2-5H,1H3/i6-1. The third-order valence-corrected chi connectivity index (χ3v) is 1.50. The molecule has 2 heteroatoms. The van der Waals surface area contributed by atoms with E-state index in [1.165, 1.54) is 6.92 Å². The molecule has 0 aliphatic carbocycles. The smallest absolute Gasteiger partial charge is 0.159 e. The fourth-order valence-corrected chi connectivity index (χ4v) is 0.811. The molecule has 1 nitrogen and oxygen atoms in total. The summed E-state index contributed by atoms with van der Waals surface area (Å²) >= 11 is 5.61. The van der Waals surface area contributed by atoms with Crippen LogP contribution in [0.3, 0.4) is 0 Å². The van der Waals surface area contributed by atoms with Gasteiger partial charge in [-0.15, -0.1) is 0 Å². The van der Waals surface area contributed by atoms with Gasteiger partial charge < -0.3 is 0 Å². The van der Waals surface area contributed by atoms with Gasteiger partial charge in [-0.1, -0.05) is 11.6 Å². The number of halogens is 1. The van der Waals surface area contributed by atoms with Crippen molar-refractivity contribution < 1.29 is 4.79 Å². The van der Waals surface area contributed by atoms with E-state index in [0.717, 1.165) is 0 Å². The molecule has 52 valence electrons. The molecule has 1 rings (SSSR count). The molecule has 0 unspecified atom stereocenters. The van der Waals surface area contributed by atoms with Gasteiger partial charge in [0.15, 0.2) is 5.78 Å². The lowest BCUT2D eigenvalue weighted by molar-refractivity contribution is 0.101. The quantitative estimate of drug-likeness (QED) is 0.567. The summed E-state index contributed by atoms with van der Waals surface area (Å²) in [7, 11) is 0. The van der Waals surface area contributed by atoms with Gasteiger partial charge in [-0.25, -0.2) is 0 Å². The fraction of sp³-hybridized carbons (Fsp3) is 0.125. The average Bonchev–Trinajstić information content (AvgIpc) is 1.88. The lowest BCUT2D eigenvalue weighted by Gasteiger charge is -1.92. The Balaban J connectivity index is 3.00. The van der Waals surface area contributed by atoms with Crippen molar-refractivity contribution in [1.29, 1.82) is 0 Å². The van der Waals surface area contributed by atoms with Crippen LogP contribution in [0.5, 0.6) is 0 Å². The normalized spacial score (nSPS) is 9.40. The van der Waals surface area contributed by atoms with Gasteiger partial charge in [-0.2, -0.15) is 0 Å². The van der Waals surface area contributed by atoms with Crippen LogP contribution >= 0.6 is 11.6 Å². The van der Waals surface area contributed by atoms with Gasteiger partial charge in [0, 0.05) is 10.6 Å². The Kier molecular flexibility index (Phi) is 2.07. The minimum absolute atomic E-state index is 0.0664. The molecule has 0 spiro atoms.